The molecule has 1 aliphatic heterocycles. The molecule has 0 bridgehead atoms. The van der Waals surface area contributed by atoms with Gasteiger partial charge in [0.15, 0.2) is 0 Å². The molecule has 3 nitrogen and oxygen atoms in total. The summed E-state index contributed by atoms with van der Waals surface area (Å²) in [7, 11) is 0. The highest BCUT2D eigenvalue weighted by Crippen LogP contribution is 2.36. The van der Waals surface area contributed by atoms with Gasteiger partial charge in [0.2, 0.25) is 5.91 Å². The average molecular weight is 281 g/mol. The highest BCUT2D eigenvalue weighted by Gasteiger charge is 2.34. The highest BCUT2D eigenvalue weighted by molar-refractivity contribution is 6.31. The van der Waals surface area contributed by atoms with Crippen LogP contribution >= 0.6 is 11.6 Å². The third kappa shape index (κ3) is 2.93. The van der Waals surface area contributed by atoms with Crippen LogP contribution in [0.5, 0.6) is 0 Å². The zero-order valence-electron chi connectivity index (χ0n) is 11.5. The first-order chi connectivity index (χ1) is 9.02. The van der Waals surface area contributed by atoms with Crippen LogP contribution in [0.3, 0.4) is 0 Å². The Bertz CT molecular complexity index is 461. The molecule has 1 aromatic carbocycles. The van der Waals surface area contributed by atoms with Crippen molar-refractivity contribution in [1.82, 2.24) is 4.90 Å². The number of nitrogens with zero attached hydrogens (tertiary/aromatic N) is 1. The standard InChI is InChI=1S/C15H21ClN2O/c1-10(2)14(17)15(19)18-9-5-8-13(18)11-6-3-4-7-12(11)16/h3-4,6-7,10,13-14H,5,8-9,17H2,1-2H3/t13?,14-/m0/s1. The Hall–Kier alpha value is -1.06. The van der Waals surface area contributed by atoms with Crippen molar-refractivity contribution in [2.75, 3.05) is 6.54 Å². The van der Waals surface area contributed by atoms with E-state index in [-0.39, 0.29) is 17.9 Å². The lowest BCUT2D eigenvalue weighted by Gasteiger charge is -2.29. The molecule has 0 aromatic heterocycles. The summed E-state index contributed by atoms with van der Waals surface area (Å²) in [6.45, 7) is 4.72. The van der Waals surface area contributed by atoms with E-state index < -0.39 is 6.04 Å². The molecule has 104 valence electrons. The van der Waals surface area contributed by atoms with Crippen molar-refractivity contribution in [3.05, 3.63) is 34.9 Å². The minimum atomic E-state index is -0.428. The van der Waals surface area contributed by atoms with Gasteiger partial charge in [0, 0.05) is 11.6 Å². The van der Waals surface area contributed by atoms with E-state index in [0.29, 0.717) is 0 Å². The molecule has 1 amide bonds. The molecule has 2 N–H and O–H groups in total. The van der Waals surface area contributed by atoms with Gasteiger partial charge in [-0.3, -0.25) is 4.79 Å². The predicted octanol–water partition coefficient (Wildman–Crippen LogP) is 2.99. The number of halogens is 1. The Morgan fingerprint density at radius 3 is 2.74 bits per heavy atom. The Kier molecular flexibility index (Phi) is 4.48. The van der Waals surface area contributed by atoms with Gasteiger partial charge in [-0.25, -0.2) is 0 Å². The maximum atomic E-state index is 12.4. The molecule has 0 saturated carbocycles. The van der Waals surface area contributed by atoms with Crippen molar-refractivity contribution < 1.29 is 4.79 Å². The third-order valence-corrected chi connectivity index (χ3v) is 4.15. The van der Waals surface area contributed by atoms with Crippen molar-refractivity contribution in [1.29, 1.82) is 0 Å². The zero-order chi connectivity index (χ0) is 14.0. The minimum absolute atomic E-state index is 0.0393. The first kappa shape index (κ1) is 14.4. The molecular formula is C15H21ClN2O. The van der Waals surface area contributed by atoms with Gasteiger partial charge in [-0.1, -0.05) is 43.6 Å². The topological polar surface area (TPSA) is 46.3 Å². The van der Waals surface area contributed by atoms with Crippen molar-refractivity contribution in [3.8, 4) is 0 Å². The average Bonchev–Trinajstić information content (AvgIpc) is 2.86. The van der Waals surface area contributed by atoms with Crippen LogP contribution in [0.4, 0.5) is 0 Å². The maximum absolute atomic E-state index is 12.4. The number of carbonyl (C=O) groups excluding carboxylic acids is 1. The van der Waals surface area contributed by atoms with Crippen LogP contribution in [-0.2, 0) is 4.79 Å². The number of rotatable bonds is 3. The molecular weight excluding hydrogens is 260 g/mol. The van der Waals surface area contributed by atoms with E-state index >= 15 is 0 Å². The maximum Gasteiger partial charge on any atom is 0.240 e. The molecule has 0 spiro atoms. The molecule has 19 heavy (non-hydrogen) atoms. The monoisotopic (exact) mass is 280 g/mol. The first-order valence-electron chi connectivity index (χ1n) is 6.83. The second kappa shape index (κ2) is 5.93. The van der Waals surface area contributed by atoms with E-state index in [1.807, 2.05) is 43.0 Å². The molecule has 1 aliphatic rings. The van der Waals surface area contributed by atoms with Gasteiger partial charge in [-0.2, -0.15) is 0 Å². The summed E-state index contributed by atoms with van der Waals surface area (Å²) in [6.07, 6.45) is 1.97. The van der Waals surface area contributed by atoms with Gasteiger partial charge in [0.1, 0.15) is 0 Å². The van der Waals surface area contributed by atoms with Crippen LogP contribution in [0, 0.1) is 5.92 Å². The van der Waals surface area contributed by atoms with Gasteiger partial charge < -0.3 is 10.6 Å². The van der Waals surface area contributed by atoms with Gasteiger partial charge in [0.05, 0.1) is 12.1 Å². The molecule has 1 unspecified atom stereocenters. The second-order valence-corrected chi connectivity index (χ2v) is 5.89. The van der Waals surface area contributed by atoms with Crippen molar-refractivity contribution >= 4 is 17.5 Å². The number of hydrogen-bond donors (Lipinski definition) is 1. The highest BCUT2D eigenvalue weighted by atomic mass is 35.5. The summed E-state index contributed by atoms with van der Waals surface area (Å²) in [5.41, 5.74) is 7.03. The molecule has 1 heterocycles. The Labute approximate surface area is 119 Å². The molecule has 2 rings (SSSR count). The fourth-order valence-electron chi connectivity index (χ4n) is 2.58. The van der Waals surface area contributed by atoms with E-state index in [1.54, 1.807) is 0 Å². The number of benzene rings is 1. The van der Waals surface area contributed by atoms with Crippen LogP contribution < -0.4 is 5.73 Å². The molecule has 1 fully saturated rings. The molecule has 4 heteroatoms. The van der Waals surface area contributed by atoms with E-state index in [4.69, 9.17) is 17.3 Å². The van der Waals surface area contributed by atoms with Gasteiger partial charge >= 0.3 is 0 Å². The molecule has 1 aromatic rings. The van der Waals surface area contributed by atoms with Crippen LogP contribution in [0.15, 0.2) is 24.3 Å². The summed E-state index contributed by atoms with van der Waals surface area (Å²) in [5, 5.41) is 0.727. The number of carbonyl (C=O) groups is 1. The van der Waals surface area contributed by atoms with Gasteiger partial charge in [0.25, 0.3) is 0 Å². The van der Waals surface area contributed by atoms with E-state index in [2.05, 4.69) is 0 Å². The number of nitrogens with two attached hydrogens (primary N) is 1. The predicted molar refractivity (Wildman–Crippen MR) is 78.0 cm³/mol. The first-order valence-corrected chi connectivity index (χ1v) is 7.20. The molecule has 0 aliphatic carbocycles. The van der Waals surface area contributed by atoms with Crippen LogP contribution in [0.1, 0.15) is 38.3 Å². The Balaban J connectivity index is 2.22. The number of amides is 1. The van der Waals surface area contributed by atoms with Crippen molar-refractivity contribution in [2.24, 2.45) is 11.7 Å². The van der Waals surface area contributed by atoms with Crippen LogP contribution in [-0.4, -0.2) is 23.4 Å². The lowest BCUT2D eigenvalue weighted by molar-refractivity contribution is -0.134. The van der Waals surface area contributed by atoms with Gasteiger partial charge in [-0.15, -0.1) is 0 Å². The Morgan fingerprint density at radius 2 is 2.11 bits per heavy atom. The van der Waals surface area contributed by atoms with E-state index in [1.165, 1.54) is 0 Å². The summed E-state index contributed by atoms with van der Waals surface area (Å²) in [6, 6.07) is 7.39. The number of hydrogen-bond acceptors (Lipinski definition) is 2. The second-order valence-electron chi connectivity index (χ2n) is 5.48. The number of likely N-dealkylation sites (tertiary alicyclic amines) is 1. The molecule has 0 radical (unpaired) electrons. The van der Waals surface area contributed by atoms with Crippen LogP contribution in [0.25, 0.3) is 0 Å². The Morgan fingerprint density at radius 1 is 1.42 bits per heavy atom. The van der Waals surface area contributed by atoms with E-state index in [9.17, 15) is 4.79 Å². The van der Waals surface area contributed by atoms with Crippen LogP contribution in [0.2, 0.25) is 5.02 Å². The quantitative estimate of drug-likeness (QED) is 0.925. The smallest absolute Gasteiger partial charge is 0.240 e. The molecule has 2 atom stereocenters. The summed E-state index contributed by atoms with van der Waals surface area (Å²) in [5.74, 6) is 0.192. The summed E-state index contributed by atoms with van der Waals surface area (Å²) >= 11 is 6.25. The zero-order valence-corrected chi connectivity index (χ0v) is 12.2. The third-order valence-electron chi connectivity index (χ3n) is 3.80. The normalized spacial score (nSPS) is 20.9. The van der Waals surface area contributed by atoms with Crippen molar-refractivity contribution in [2.45, 2.75) is 38.8 Å². The fraction of sp³-hybridized carbons (Fsp3) is 0.533. The fourth-order valence-corrected chi connectivity index (χ4v) is 2.84. The minimum Gasteiger partial charge on any atom is -0.334 e. The molecule has 1 saturated heterocycles. The SMILES string of the molecule is CC(C)[C@H](N)C(=O)N1CCCC1c1ccccc1Cl. The largest absolute Gasteiger partial charge is 0.334 e. The van der Waals surface area contributed by atoms with Gasteiger partial charge in [-0.05, 0) is 30.4 Å². The van der Waals surface area contributed by atoms with Crippen molar-refractivity contribution in [3.63, 3.8) is 0 Å². The lowest BCUT2D eigenvalue weighted by Crippen LogP contribution is -2.46. The lowest BCUT2D eigenvalue weighted by atomic mass is 10.0. The summed E-state index contributed by atoms with van der Waals surface area (Å²) < 4.78 is 0. The van der Waals surface area contributed by atoms with E-state index in [0.717, 1.165) is 30.0 Å². The summed E-state index contributed by atoms with van der Waals surface area (Å²) in [4.78, 5) is 14.3.